The second kappa shape index (κ2) is 7.50. The molecule has 0 aliphatic carbocycles. The zero-order valence-electron chi connectivity index (χ0n) is 10.6. The number of carboxylic acids is 1. The molecule has 0 spiro atoms. The molecule has 1 rings (SSSR count). The van der Waals surface area contributed by atoms with Gasteiger partial charge in [-0.25, -0.2) is 4.79 Å². The van der Waals surface area contributed by atoms with Gasteiger partial charge in [-0.2, -0.15) is 0 Å². The summed E-state index contributed by atoms with van der Waals surface area (Å²) < 4.78 is 5.00. The first kappa shape index (κ1) is 15.1. The lowest BCUT2D eigenvalue weighted by Gasteiger charge is -2.10. The van der Waals surface area contributed by atoms with E-state index in [1.165, 1.54) is 7.11 Å². The number of benzene rings is 1. The van der Waals surface area contributed by atoms with Crippen LogP contribution in [0.3, 0.4) is 0 Å². The van der Waals surface area contributed by atoms with Crippen LogP contribution in [0.5, 0.6) is 0 Å². The SMILES string of the molecule is COCc1ccccc1C(=O)NCCC(O)C(=O)O. The summed E-state index contributed by atoms with van der Waals surface area (Å²) in [6.45, 7) is 0.412. The Morgan fingerprint density at radius 1 is 1.37 bits per heavy atom. The molecule has 0 bridgehead atoms. The molecule has 0 aromatic heterocycles. The van der Waals surface area contributed by atoms with Crippen molar-refractivity contribution in [3.8, 4) is 0 Å². The first-order valence-corrected chi connectivity index (χ1v) is 5.82. The fourth-order valence-electron chi connectivity index (χ4n) is 1.56. The molecule has 0 radical (unpaired) electrons. The van der Waals surface area contributed by atoms with Gasteiger partial charge < -0.3 is 20.3 Å². The van der Waals surface area contributed by atoms with E-state index < -0.39 is 12.1 Å². The summed E-state index contributed by atoms with van der Waals surface area (Å²) in [6.07, 6.45) is -1.50. The highest BCUT2D eigenvalue weighted by Crippen LogP contribution is 2.09. The number of carboxylic acid groups (broad SMARTS) is 1. The number of aliphatic carboxylic acids is 1. The molecule has 1 aromatic rings. The molecule has 0 saturated carbocycles. The van der Waals surface area contributed by atoms with Crippen molar-refractivity contribution in [2.24, 2.45) is 0 Å². The number of carbonyl (C=O) groups excluding carboxylic acids is 1. The number of rotatable bonds is 7. The van der Waals surface area contributed by atoms with Crippen molar-refractivity contribution < 1.29 is 24.5 Å². The van der Waals surface area contributed by atoms with Crippen molar-refractivity contribution in [1.29, 1.82) is 0 Å². The van der Waals surface area contributed by atoms with Gasteiger partial charge in [0.25, 0.3) is 5.91 Å². The van der Waals surface area contributed by atoms with E-state index in [9.17, 15) is 9.59 Å². The smallest absolute Gasteiger partial charge is 0.332 e. The quantitative estimate of drug-likeness (QED) is 0.664. The van der Waals surface area contributed by atoms with Crippen LogP contribution < -0.4 is 5.32 Å². The summed E-state index contributed by atoms with van der Waals surface area (Å²) in [5, 5.41) is 20.1. The van der Waals surface area contributed by atoms with Crippen molar-refractivity contribution in [2.45, 2.75) is 19.1 Å². The number of aliphatic hydroxyl groups is 1. The van der Waals surface area contributed by atoms with Gasteiger partial charge in [0.05, 0.1) is 6.61 Å². The van der Waals surface area contributed by atoms with E-state index in [0.29, 0.717) is 12.2 Å². The number of ether oxygens (including phenoxy) is 1. The number of nitrogens with one attached hydrogen (secondary N) is 1. The van der Waals surface area contributed by atoms with Crippen LogP contribution in [0.4, 0.5) is 0 Å². The van der Waals surface area contributed by atoms with E-state index in [-0.39, 0.29) is 18.9 Å². The van der Waals surface area contributed by atoms with Gasteiger partial charge in [-0.3, -0.25) is 4.79 Å². The second-order valence-corrected chi connectivity index (χ2v) is 3.99. The average Bonchev–Trinajstić information content (AvgIpc) is 2.39. The number of hydrogen-bond acceptors (Lipinski definition) is 4. The molecule has 0 heterocycles. The Balaban J connectivity index is 2.56. The Labute approximate surface area is 111 Å². The van der Waals surface area contributed by atoms with Crippen molar-refractivity contribution in [1.82, 2.24) is 5.32 Å². The summed E-state index contributed by atoms with van der Waals surface area (Å²) in [4.78, 5) is 22.3. The number of methoxy groups -OCH3 is 1. The summed E-state index contributed by atoms with van der Waals surface area (Å²) >= 11 is 0. The highest BCUT2D eigenvalue weighted by molar-refractivity contribution is 5.95. The lowest BCUT2D eigenvalue weighted by molar-refractivity contribution is -0.146. The van der Waals surface area contributed by atoms with Gasteiger partial charge in [-0.1, -0.05) is 18.2 Å². The summed E-state index contributed by atoms with van der Waals surface area (Å²) in [5.41, 5.74) is 1.23. The third kappa shape index (κ3) is 4.69. The molecule has 1 atom stereocenters. The van der Waals surface area contributed by atoms with Gasteiger partial charge in [-0.05, 0) is 11.6 Å². The van der Waals surface area contributed by atoms with Crippen LogP contribution >= 0.6 is 0 Å². The maximum atomic E-state index is 11.9. The molecular weight excluding hydrogens is 250 g/mol. The first-order valence-electron chi connectivity index (χ1n) is 5.82. The summed E-state index contributed by atoms with van der Waals surface area (Å²) in [7, 11) is 1.54. The van der Waals surface area contributed by atoms with Crippen LogP contribution in [0.15, 0.2) is 24.3 Å². The fourth-order valence-corrected chi connectivity index (χ4v) is 1.56. The maximum Gasteiger partial charge on any atom is 0.332 e. The second-order valence-electron chi connectivity index (χ2n) is 3.99. The summed E-state index contributed by atoms with van der Waals surface area (Å²) in [5.74, 6) is -1.61. The minimum atomic E-state index is -1.46. The van der Waals surface area contributed by atoms with E-state index >= 15 is 0 Å². The van der Waals surface area contributed by atoms with Crippen molar-refractivity contribution >= 4 is 11.9 Å². The van der Waals surface area contributed by atoms with Crippen LogP contribution in [0.25, 0.3) is 0 Å². The van der Waals surface area contributed by atoms with Crippen molar-refractivity contribution in [3.05, 3.63) is 35.4 Å². The predicted octanol–water partition coefficient (Wildman–Crippen LogP) is 0.398. The highest BCUT2D eigenvalue weighted by Gasteiger charge is 2.14. The first-order chi connectivity index (χ1) is 9.06. The summed E-state index contributed by atoms with van der Waals surface area (Å²) in [6, 6.07) is 6.99. The largest absolute Gasteiger partial charge is 0.479 e. The normalized spacial score (nSPS) is 11.9. The van der Waals surface area contributed by atoms with Gasteiger partial charge in [0.1, 0.15) is 0 Å². The Kier molecular flexibility index (Phi) is 5.98. The van der Waals surface area contributed by atoms with Gasteiger partial charge in [0, 0.05) is 25.6 Å². The number of aliphatic hydroxyl groups excluding tert-OH is 1. The number of hydrogen-bond donors (Lipinski definition) is 3. The van der Waals surface area contributed by atoms with Crippen LogP contribution in [-0.4, -0.2) is 41.8 Å². The van der Waals surface area contributed by atoms with Gasteiger partial charge >= 0.3 is 5.97 Å². The predicted molar refractivity (Wildman–Crippen MR) is 67.7 cm³/mol. The van der Waals surface area contributed by atoms with E-state index in [1.807, 2.05) is 0 Å². The molecule has 1 aromatic carbocycles. The Hall–Kier alpha value is -1.92. The molecule has 1 amide bonds. The van der Waals surface area contributed by atoms with Crippen LogP contribution in [-0.2, 0) is 16.1 Å². The van der Waals surface area contributed by atoms with E-state index in [1.54, 1.807) is 24.3 Å². The van der Waals surface area contributed by atoms with Crippen LogP contribution in [0, 0.1) is 0 Å². The molecule has 6 heteroatoms. The third-order valence-corrected chi connectivity index (χ3v) is 2.55. The van der Waals surface area contributed by atoms with Gasteiger partial charge in [-0.15, -0.1) is 0 Å². The van der Waals surface area contributed by atoms with Crippen LogP contribution in [0.2, 0.25) is 0 Å². The third-order valence-electron chi connectivity index (χ3n) is 2.55. The zero-order chi connectivity index (χ0) is 14.3. The lowest BCUT2D eigenvalue weighted by Crippen LogP contribution is -2.30. The Morgan fingerprint density at radius 3 is 2.68 bits per heavy atom. The van der Waals surface area contributed by atoms with Crippen LogP contribution in [0.1, 0.15) is 22.3 Å². The topological polar surface area (TPSA) is 95.9 Å². The van der Waals surface area contributed by atoms with Crippen molar-refractivity contribution in [2.75, 3.05) is 13.7 Å². The van der Waals surface area contributed by atoms with E-state index in [0.717, 1.165) is 5.56 Å². The molecule has 19 heavy (non-hydrogen) atoms. The Morgan fingerprint density at radius 2 is 2.05 bits per heavy atom. The highest BCUT2D eigenvalue weighted by atomic mass is 16.5. The molecule has 6 nitrogen and oxygen atoms in total. The van der Waals surface area contributed by atoms with E-state index in [2.05, 4.69) is 5.32 Å². The minimum Gasteiger partial charge on any atom is -0.479 e. The van der Waals surface area contributed by atoms with Gasteiger partial charge in [0.2, 0.25) is 0 Å². The molecule has 0 aliphatic rings. The molecular formula is C13H17NO5. The zero-order valence-corrected chi connectivity index (χ0v) is 10.6. The molecule has 0 saturated heterocycles. The number of amides is 1. The molecule has 0 fully saturated rings. The molecule has 1 unspecified atom stereocenters. The average molecular weight is 267 g/mol. The molecule has 0 aliphatic heterocycles. The van der Waals surface area contributed by atoms with E-state index in [4.69, 9.17) is 14.9 Å². The molecule has 3 N–H and O–H groups in total. The van der Waals surface area contributed by atoms with Gasteiger partial charge in [0.15, 0.2) is 6.10 Å². The number of carbonyl (C=O) groups is 2. The minimum absolute atomic E-state index is 0.0342. The lowest BCUT2D eigenvalue weighted by atomic mass is 10.1. The Bertz CT molecular complexity index is 446. The monoisotopic (exact) mass is 267 g/mol. The standard InChI is InChI=1S/C13H17NO5/c1-19-8-9-4-2-3-5-10(9)12(16)14-7-6-11(15)13(17)18/h2-5,11,15H,6-8H2,1H3,(H,14,16)(H,17,18). The molecule has 104 valence electrons. The maximum absolute atomic E-state index is 11.9. The fraction of sp³-hybridized carbons (Fsp3) is 0.385. The van der Waals surface area contributed by atoms with Crippen molar-refractivity contribution in [3.63, 3.8) is 0 Å².